The van der Waals surface area contributed by atoms with Crippen molar-refractivity contribution in [3.63, 3.8) is 0 Å². The van der Waals surface area contributed by atoms with E-state index in [0.29, 0.717) is 25.8 Å². The van der Waals surface area contributed by atoms with Gasteiger partial charge in [-0.25, -0.2) is 0 Å². The molecule has 2 saturated heterocycles. The molecule has 0 radical (unpaired) electrons. The summed E-state index contributed by atoms with van der Waals surface area (Å²) < 4.78 is 21.7. The number of unbranched alkanes of at least 4 members (excludes halogenated alkanes) is 3. The first kappa shape index (κ1) is 40.3. The van der Waals surface area contributed by atoms with Crippen LogP contribution in [0, 0.1) is 17.8 Å². The lowest BCUT2D eigenvalue weighted by Crippen LogP contribution is -2.57. The van der Waals surface area contributed by atoms with Crippen LogP contribution in [0.25, 0.3) is 0 Å². The second kappa shape index (κ2) is 19.3. The van der Waals surface area contributed by atoms with Crippen molar-refractivity contribution in [2.24, 2.45) is 17.8 Å². The van der Waals surface area contributed by atoms with E-state index in [1.807, 2.05) is 6.92 Å². The van der Waals surface area contributed by atoms with Gasteiger partial charge in [-0.05, 0) is 40.0 Å². The van der Waals surface area contributed by atoms with Crippen LogP contribution in [0.3, 0.4) is 0 Å². The van der Waals surface area contributed by atoms with E-state index in [9.17, 15) is 49.8 Å². The molecule has 276 valence electrons. The lowest BCUT2D eigenvalue weighted by molar-refractivity contribution is -0.293. The summed E-state index contributed by atoms with van der Waals surface area (Å²) in [6.45, 7) is 5.30. The zero-order valence-electron chi connectivity index (χ0n) is 27.9. The molecule has 16 nitrogen and oxygen atoms in total. The molecule has 1 aliphatic carbocycles. The molecule has 0 aromatic heterocycles. The largest absolute Gasteiger partial charge is 0.388 e. The highest BCUT2D eigenvalue weighted by molar-refractivity contribution is 6.03. The Kier molecular flexibility index (Phi) is 16.2. The molecule has 16 heteroatoms. The second-order valence-electron chi connectivity index (χ2n) is 12.9. The minimum atomic E-state index is -1.50. The normalized spacial score (nSPS) is 36.3. The Morgan fingerprint density at radius 1 is 0.583 bits per heavy atom. The molecule has 3 rings (SSSR count). The topological polar surface area (TPSA) is 251 Å². The molecule has 3 fully saturated rings. The van der Waals surface area contributed by atoms with Crippen LogP contribution in [-0.4, -0.2) is 142 Å². The van der Waals surface area contributed by atoms with Crippen molar-refractivity contribution in [2.75, 3.05) is 26.3 Å². The quantitative estimate of drug-likeness (QED) is 0.0647. The molecule has 0 aromatic carbocycles. The number of rotatable bonds is 20. The van der Waals surface area contributed by atoms with Crippen LogP contribution in [-0.2, 0) is 38.1 Å². The summed E-state index contributed by atoms with van der Waals surface area (Å²) in [5.41, 5.74) is 0. The molecule has 8 N–H and O–H groups in total. The van der Waals surface area contributed by atoms with E-state index < -0.39 is 85.1 Å². The highest BCUT2D eigenvalue weighted by Crippen LogP contribution is 2.49. The van der Waals surface area contributed by atoms with Crippen LogP contribution < -0.4 is 10.6 Å². The Bertz CT molecular complexity index is 1000. The summed E-state index contributed by atoms with van der Waals surface area (Å²) in [5.74, 6) is -3.45. The van der Waals surface area contributed by atoms with Crippen molar-refractivity contribution < 1.29 is 68.8 Å². The van der Waals surface area contributed by atoms with Crippen molar-refractivity contribution in [2.45, 2.75) is 134 Å². The van der Waals surface area contributed by atoms with Gasteiger partial charge in [-0.3, -0.25) is 19.2 Å². The summed E-state index contributed by atoms with van der Waals surface area (Å²) in [5, 5.41) is 65.2. The lowest BCUT2D eigenvalue weighted by atomic mass is 10.00. The maximum atomic E-state index is 13.2. The summed E-state index contributed by atoms with van der Waals surface area (Å²) in [4.78, 5) is 51.1. The average Bonchev–Trinajstić information content (AvgIpc) is 3.81. The lowest BCUT2D eigenvalue weighted by Gasteiger charge is -2.38. The summed E-state index contributed by atoms with van der Waals surface area (Å²) in [7, 11) is 0. The molecule has 1 saturated carbocycles. The van der Waals surface area contributed by atoms with Gasteiger partial charge in [0, 0.05) is 44.2 Å². The minimum Gasteiger partial charge on any atom is -0.388 e. The molecule has 3 unspecified atom stereocenters. The van der Waals surface area contributed by atoms with Crippen molar-refractivity contribution in [1.29, 1.82) is 0 Å². The Morgan fingerprint density at radius 2 is 1.06 bits per heavy atom. The summed E-state index contributed by atoms with van der Waals surface area (Å²) in [6, 6.07) is 0. The number of nitrogens with one attached hydrogen (secondary N) is 2. The average molecular weight is 691 g/mol. The summed E-state index contributed by atoms with van der Waals surface area (Å²) >= 11 is 0. The third-order valence-corrected chi connectivity index (χ3v) is 9.17. The molecule has 13 atom stereocenters. The number of carbonyl (C=O) groups excluding carboxylic acids is 4. The number of Topliss-reactive ketones (excluding diaryl/α,β-unsaturated/α-hetero) is 2. The van der Waals surface area contributed by atoms with Gasteiger partial charge in [-0.2, -0.15) is 0 Å². The monoisotopic (exact) mass is 690 g/mol. The van der Waals surface area contributed by atoms with Gasteiger partial charge in [-0.15, -0.1) is 0 Å². The van der Waals surface area contributed by atoms with E-state index in [0.717, 1.165) is 12.8 Å². The van der Waals surface area contributed by atoms with E-state index in [1.165, 1.54) is 13.8 Å². The number of aliphatic hydroxyl groups excluding tert-OH is 6. The molecular weight excluding hydrogens is 636 g/mol. The number of amides is 2. The highest BCUT2D eigenvalue weighted by atomic mass is 16.7. The zero-order chi connectivity index (χ0) is 35.5. The van der Waals surface area contributed by atoms with Gasteiger partial charge in [0.1, 0.15) is 48.2 Å². The standard InChI is InChI=1S/C32H54N2O14/c1-4-33-20(37)12-8-6-5-7-10-18(35)21-22(19(36)11-9-14-45-31-28(42)26(40)24(38)16(2)47-31)23(21)30(44)34-13-15-46-32-29(43)27(41)25(39)17(3)48-32/h16-17,21-29,31-32,38-43H,4-15H2,1-3H3,(H,33,37)(H,34,44)/t16-,17-,21?,22?,23?,24+,25+,26+,27+,28-,29-,31+,32+/m0/s1. The number of carbonyl (C=O) groups is 4. The van der Waals surface area contributed by atoms with Gasteiger partial charge >= 0.3 is 0 Å². The van der Waals surface area contributed by atoms with Crippen molar-refractivity contribution >= 4 is 23.4 Å². The molecule has 3 aliphatic rings. The fourth-order valence-corrected chi connectivity index (χ4v) is 6.21. The van der Waals surface area contributed by atoms with Gasteiger partial charge in [0.25, 0.3) is 0 Å². The van der Waals surface area contributed by atoms with E-state index in [-0.39, 0.29) is 56.5 Å². The van der Waals surface area contributed by atoms with Crippen LogP contribution in [0.1, 0.15) is 72.1 Å². The van der Waals surface area contributed by atoms with Crippen molar-refractivity contribution in [3.05, 3.63) is 0 Å². The van der Waals surface area contributed by atoms with Gasteiger partial charge in [0.2, 0.25) is 11.8 Å². The molecule has 0 bridgehead atoms. The molecule has 2 aliphatic heterocycles. The number of hydrogen-bond acceptors (Lipinski definition) is 14. The van der Waals surface area contributed by atoms with Gasteiger partial charge in [0.15, 0.2) is 12.6 Å². The molecular formula is C32H54N2O14. The molecule has 0 aromatic rings. The Balaban J connectivity index is 1.48. The van der Waals surface area contributed by atoms with E-state index >= 15 is 0 Å². The molecule has 0 spiro atoms. The number of ether oxygens (including phenoxy) is 4. The number of aliphatic hydroxyl groups is 6. The van der Waals surface area contributed by atoms with Crippen molar-refractivity contribution in [1.82, 2.24) is 10.6 Å². The van der Waals surface area contributed by atoms with Crippen LogP contribution >= 0.6 is 0 Å². The number of hydrogen-bond donors (Lipinski definition) is 8. The first-order valence-corrected chi connectivity index (χ1v) is 17.0. The highest BCUT2D eigenvalue weighted by Gasteiger charge is 2.61. The molecule has 2 amide bonds. The van der Waals surface area contributed by atoms with Crippen LogP contribution in [0.2, 0.25) is 0 Å². The van der Waals surface area contributed by atoms with E-state index in [1.54, 1.807) is 0 Å². The fraction of sp³-hybridized carbons (Fsp3) is 0.875. The minimum absolute atomic E-state index is 0.00597. The summed E-state index contributed by atoms with van der Waals surface area (Å²) in [6.07, 6.45) is -8.87. The Hall–Kier alpha value is -2.12. The number of ketones is 2. The fourth-order valence-electron chi connectivity index (χ4n) is 6.21. The van der Waals surface area contributed by atoms with Crippen LogP contribution in [0.4, 0.5) is 0 Å². The predicted molar refractivity (Wildman–Crippen MR) is 166 cm³/mol. The van der Waals surface area contributed by atoms with Crippen molar-refractivity contribution in [3.8, 4) is 0 Å². The first-order valence-electron chi connectivity index (χ1n) is 17.0. The van der Waals surface area contributed by atoms with E-state index in [4.69, 9.17) is 18.9 Å². The van der Waals surface area contributed by atoms with Gasteiger partial charge in [-0.1, -0.05) is 12.8 Å². The van der Waals surface area contributed by atoms with Crippen LogP contribution in [0.15, 0.2) is 0 Å². The van der Waals surface area contributed by atoms with Gasteiger partial charge < -0.3 is 60.2 Å². The maximum absolute atomic E-state index is 13.2. The molecule has 2 heterocycles. The Morgan fingerprint density at radius 3 is 1.58 bits per heavy atom. The second-order valence-corrected chi connectivity index (χ2v) is 12.9. The molecule has 48 heavy (non-hydrogen) atoms. The van der Waals surface area contributed by atoms with Crippen LogP contribution in [0.5, 0.6) is 0 Å². The predicted octanol–water partition coefficient (Wildman–Crippen LogP) is -1.95. The Labute approximate surface area is 280 Å². The smallest absolute Gasteiger partial charge is 0.224 e. The van der Waals surface area contributed by atoms with E-state index in [2.05, 4.69) is 10.6 Å². The maximum Gasteiger partial charge on any atom is 0.224 e. The SMILES string of the molecule is CCNC(=O)CCCCCCC(=O)C1C(C(=O)CCCO[C@@H]2O[C@@H](C)[C@@H](O)[C@@H](O)[C@@H]2O)C1C(=O)NCCO[C@@H]1O[C@@H](C)[C@@H](O)[C@@H](O)[C@@H]1O. The first-order chi connectivity index (χ1) is 22.8. The zero-order valence-corrected chi connectivity index (χ0v) is 27.9. The third-order valence-electron chi connectivity index (χ3n) is 9.17. The third kappa shape index (κ3) is 10.9. The van der Waals surface area contributed by atoms with Gasteiger partial charge in [0.05, 0.1) is 31.3 Å².